The fraction of sp³-hybridized carbons (Fsp3) is 0.385. The molecule has 5 nitrogen and oxygen atoms in total. The smallest absolute Gasteiger partial charge is 0.185 e. The van der Waals surface area contributed by atoms with Crippen LogP contribution in [-0.2, 0) is 0 Å². The molecule has 0 fully saturated rings. The van der Waals surface area contributed by atoms with Crippen LogP contribution in [0.15, 0.2) is 34.7 Å². The second kappa shape index (κ2) is 5.92. The minimum Gasteiger partial charge on any atom is -0.370 e. The number of nitrogens with one attached hydrogen (secondary N) is 2. The van der Waals surface area contributed by atoms with Crippen molar-refractivity contribution in [3.63, 3.8) is 0 Å². The Labute approximate surface area is 108 Å². The highest BCUT2D eigenvalue weighted by molar-refractivity contribution is 5.74. The highest BCUT2D eigenvalue weighted by Gasteiger charge is 2.14. The maximum absolute atomic E-state index is 8.90. The molecule has 0 saturated heterocycles. The summed E-state index contributed by atoms with van der Waals surface area (Å²) >= 11 is 0. The number of guanidine groups is 1. The van der Waals surface area contributed by atoms with Gasteiger partial charge in [-0.1, -0.05) is 0 Å². The van der Waals surface area contributed by atoms with E-state index in [1.54, 1.807) is 0 Å². The molecule has 96 valence electrons. The molecule has 18 heavy (non-hydrogen) atoms. The van der Waals surface area contributed by atoms with E-state index < -0.39 is 0 Å². The summed E-state index contributed by atoms with van der Waals surface area (Å²) in [7, 11) is 0. The molecule has 0 radical (unpaired) electrons. The molecule has 5 heteroatoms. The van der Waals surface area contributed by atoms with Gasteiger partial charge in [0, 0.05) is 30.1 Å². The van der Waals surface area contributed by atoms with E-state index in [0.717, 1.165) is 29.1 Å². The van der Waals surface area contributed by atoms with Gasteiger partial charge in [0.15, 0.2) is 5.96 Å². The van der Waals surface area contributed by atoms with Crippen molar-refractivity contribution in [2.45, 2.75) is 20.8 Å². The summed E-state index contributed by atoms with van der Waals surface area (Å²) in [5, 5.41) is 18.8. The van der Waals surface area contributed by atoms with Crippen LogP contribution in [0, 0.1) is 16.7 Å². The van der Waals surface area contributed by atoms with Gasteiger partial charge in [0.05, 0.1) is 6.07 Å². The van der Waals surface area contributed by atoms with Crippen LogP contribution in [0.4, 0.5) is 0 Å². The summed E-state index contributed by atoms with van der Waals surface area (Å²) in [5.41, 5.74) is 9.09. The quantitative estimate of drug-likeness (QED) is 0.398. The first kappa shape index (κ1) is 13.8. The third-order valence-electron chi connectivity index (χ3n) is 2.83. The number of rotatable bonds is 3. The average Bonchev–Trinajstić information content (AvgIpc) is 2.31. The highest BCUT2D eigenvalue weighted by Crippen LogP contribution is 2.23. The van der Waals surface area contributed by atoms with Gasteiger partial charge < -0.3 is 16.0 Å². The van der Waals surface area contributed by atoms with Gasteiger partial charge in [-0.25, -0.2) is 0 Å². The normalized spacial score (nSPS) is 14.6. The minimum absolute atomic E-state index is 0.0174. The Morgan fingerprint density at radius 1 is 1.44 bits per heavy atom. The molecule has 1 aliphatic heterocycles. The van der Waals surface area contributed by atoms with Crippen LogP contribution in [0.5, 0.6) is 0 Å². The van der Waals surface area contributed by atoms with Crippen molar-refractivity contribution in [1.82, 2.24) is 10.2 Å². The van der Waals surface area contributed by atoms with E-state index in [-0.39, 0.29) is 5.96 Å². The standard InChI is InChI=1S/C13H19N5/c1-9(8-14)12-6-10(2)18(11(3)7-12)5-4-17-13(15)16/h6-7H,4-5H2,1-3H3,(H4,15,16,17). The molecule has 0 aliphatic carbocycles. The van der Waals surface area contributed by atoms with E-state index in [0.29, 0.717) is 6.54 Å². The summed E-state index contributed by atoms with van der Waals surface area (Å²) in [4.78, 5) is 2.13. The van der Waals surface area contributed by atoms with Gasteiger partial charge >= 0.3 is 0 Å². The maximum atomic E-state index is 8.90. The number of hydrogen-bond donors (Lipinski definition) is 3. The lowest BCUT2D eigenvalue weighted by Crippen LogP contribution is -2.37. The van der Waals surface area contributed by atoms with E-state index in [9.17, 15) is 0 Å². The summed E-state index contributed by atoms with van der Waals surface area (Å²) in [5.74, 6) is -0.0174. The van der Waals surface area contributed by atoms with E-state index in [2.05, 4.69) is 16.3 Å². The first-order valence-electron chi connectivity index (χ1n) is 5.78. The molecule has 1 rings (SSSR count). The van der Waals surface area contributed by atoms with Crippen LogP contribution < -0.4 is 11.1 Å². The second-order valence-electron chi connectivity index (χ2n) is 4.26. The lowest BCUT2D eigenvalue weighted by molar-refractivity contribution is 0.426. The molecule has 0 spiro atoms. The molecule has 0 saturated carbocycles. The van der Waals surface area contributed by atoms with Crippen molar-refractivity contribution in [3.8, 4) is 6.07 Å². The molecule has 0 aromatic heterocycles. The van der Waals surface area contributed by atoms with E-state index in [4.69, 9.17) is 16.4 Å². The Morgan fingerprint density at radius 3 is 2.44 bits per heavy atom. The van der Waals surface area contributed by atoms with Gasteiger partial charge in [0.2, 0.25) is 0 Å². The van der Waals surface area contributed by atoms with E-state index >= 15 is 0 Å². The number of nitrogens with two attached hydrogens (primary N) is 1. The predicted octanol–water partition coefficient (Wildman–Crippen LogP) is 1.43. The van der Waals surface area contributed by atoms with Gasteiger partial charge in [-0.05, 0) is 38.5 Å². The molecular formula is C13H19N5. The van der Waals surface area contributed by atoms with Crippen molar-refractivity contribution < 1.29 is 0 Å². The largest absolute Gasteiger partial charge is 0.370 e. The lowest BCUT2D eigenvalue weighted by Gasteiger charge is -2.30. The first-order valence-corrected chi connectivity index (χ1v) is 5.78. The zero-order valence-electron chi connectivity index (χ0n) is 11.0. The molecule has 0 aromatic rings. The lowest BCUT2D eigenvalue weighted by atomic mass is 10.0. The number of nitrogens with zero attached hydrogens (tertiary/aromatic N) is 2. The van der Waals surface area contributed by atoms with Crippen molar-refractivity contribution in [1.29, 1.82) is 10.7 Å². The molecule has 0 bridgehead atoms. The Hall–Kier alpha value is -2.22. The number of hydrogen-bond acceptors (Lipinski definition) is 3. The molecule has 0 atom stereocenters. The average molecular weight is 245 g/mol. The van der Waals surface area contributed by atoms with Crippen LogP contribution in [0.1, 0.15) is 20.8 Å². The monoisotopic (exact) mass is 245 g/mol. The first-order chi connectivity index (χ1) is 8.45. The fourth-order valence-corrected chi connectivity index (χ4v) is 1.86. The van der Waals surface area contributed by atoms with Gasteiger partial charge in [-0.15, -0.1) is 0 Å². The van der Waals surface area contributed by atoms with E-state index in [1.165, 1.54) is 0 Å². The van der Waals surface area contributed by atoms with Crippen molar-refractivity contribution in [2.24, 2.45) is 5.73 Å². The third kappa shape index (κ3) is 3.39. The van der Waals surface area contributed by atoms with Crippen molar-refractivity contribution in [3.05, 3.63) is 34.7 Å². The van der Waals surface area contributed by atoms with Crippen LogP contribution in [0.2, 0.25) is 0 Å². The van der Waals surface area contributed by atoms with Crippen LogP contribution in [0.25, 0.3) is 0 Å². The number of nitriles is 1. The number of allylic oxidation sites excluding steroid dienone is 6. The third-order valence-corrected chi connectivity index (χ3v) is 2.83. The summed E-state index contributed by atoms with van der Waals surface area (Å²) < 4.78 is 0. The van der Waals surface area contributed by atoms with Gasteiger partial charge in [-0.3, -0.25) is 5.41 Å². The molecule has 0 aromatic carbocycles. The zero-order valence-corrected chi connectivity index (χ0v) is 11.0. The van der Waals surface area contributed by atoms with Crippen LogP contribution in [0.3, 0.4) is 0 Å². The van der Waals surface area contributed by atoms with Crippen molar-refractivity contribution >= 4 is 5.96 Å². The Balaban J connectivity index is 2.79. The predicted molar refractivity (Wildman–Crippen MR) is 72.4 cm³/mol. The summed E-state index contributed by atoms with van der Waals surface area (Å²) in [6.45, 7) is 7.19. The molecule has 0 amide bonds. The second-order valence-corrected chi connectivity index (χ2v) is 4.26. The topological polar surface area (TPSA) is 88.9 Å². The molecular weight excluding hydrogens is 226 g/mol. The minimum atomic E-state index is -0.0174. The van der Waals surface area contributed by atoms with Crippen molar-refractivity contribution in [2.75, 3.05) is 13.1 Å². The van der Waals surface area contributed by atoms with Crippen LogP contribution in [-0.4, -0.2) is 23.9 Å². The Morgan fingerprint density at radius 2 is 2.00 bits per heavy atom. The molecule has 4 N–H and O–H groups in total. The van der Waals surface area contributed by atoms with Crippen LogP contribution >= 0.6 is 0 Å². The zero-order chi connectivity index (χ0) is 13.7. The van der Waals surface area contributed by atoms with Gasteiger partial charge in [-0.2, -0.15) is 5.26 Å². The van der Waals surface area contributed by atoms with E-state index in [1.807, 2.05) is 32.9 Å². The maximum Gasteiger partial charge on any atom is 0.185 e. The Bertz CT molecular complexity index is 454. The summed E-state index contributed by atoms with van der Waals surface area (Å²) in [6, 6.07) is 2.16. The van der Waals surface area contributed by atoms with Gasteiger partial charge in [0.25, 0.3) is 0 Å². The molecule has 1 heterocycles. The molecule has 1 aliphatic rings. The highest BCUT2D eigenvalue weighted by atomic mass is 15.2. The fourth-order valence-electron chi connectivity index (χ4n) is 1.86. The van der Waals surface area contributed by atoms with Gasteiger partial charge in [0.1, 0.15) is 0 Å². The Kier molecular flexibility index (Phi) is 4.55. The molecule has 0 unspecified atom stereocenters. The summed E-state index contributed by atoms with van der Waals surface area (Å²) in [6.07, 6.45) is 4.00. The SMILES string of the molecule is CC1=CC(=C(C)C#N)C=C(C)N1CCNC(=N)N.